The van der Waals surface area contributed by atoms with Crippen LogP contribution in [-0.4, -0.2) is 60.3 Å². The summed E-state index contributed by atoms with van der Waals surface area (Å²) in [5, 5.41) is 16.1. The van der Waals surface area contributed by atoms with Gasteiger partial charge in [-0.15, -0.1) is 11.3 Å². The number of thiophene rings is 1. The maximum absolute atomic E-state index is 12.4. The fourth-order valence-electron chi connectivity index (χ4n) is 3.48. The van der Waals surface area contributed by atoms with E-state index in [1.54, 1.807) is 6.20 Å². The summed E-state index contributed by atoms with van der Waals surface area (Å²) in [6.07, 6.45) is 3.03. The molecule has 2 aromatic heterocycles. The van der Waals surface area contributed by atoms with E-state index < -0.39 is 0 Å². The second-order valence-electron chi connectivity index (χ2n) is 7.34. The highest BCUT2D eigenvalue weighted by Crippen LogP contribution is 2.27. The number of H-pyrrole nitrogens is 1. The first-order valence-corrected chi connectivity index (χ1v) is 11.2. The molecule has 0 unspecified atom stereocenters. The molecule has 30 heavy (non-hydrogen) atoms. The fraction of sp³-hybridized carbons (Fsp3) is 0.364. The molecule has 3 heterocycles. The standard InChI is InChI=1S/C22H27N5O2S/c28-21(25-22-15-18(16-30-22)20-5-6-24-26-20)14-17-3-1-4-19(13-17)29-12-2-9-27-10-7-23-8-11-27/h1,3-6,13,15-16,23H,2,7-12,14H2,(H,24,26)(H,25,28). The lowest BCUT2D eigenvalue weighted by molar-refractivity contribution is -0.115. The number of benzene rings is 1. The molecule has 1 aromatic carbocycles. The van der Waals surface area contributed by atoms with Gasteiger partial charge in [0.05, 0.1) is 23.7 Å². The number of aromatic amines is 1. The minimum atomic E-state index is -0.0381. The predicted octanol–water partition coefficient (Wildman–Crippen LogP) is 2.99. The summed E-state index contributed by atoms with van der Waals surface area (Å²) >= 11 is 1.50. The summed E-state index contributed by atoms with van der Waals surface area (Å²) in [5.41, 5.74) is 2.90. The Morgan fingerprint density at radius 1 is 1.23 bits per heavy atom. The highest BCUT2D eigenvalue weighted by Gasteiger charge is 2.10. The van der Waals surface area contributed by atoms with E-state index in [1.807, 2.05) is 41.8 Å². The molecule has 1 aliphatic rings. The molecule has 158 valence electrons. The quantitative estimate of drug-likeness (QED) is 0.459. The number of nitrogens with one attached hydrogen (secondary N) is 3. The van der Waals surface area contributed by atoms with Gasteiger partial charge in [0, 0.05) is 49.9 Å². The molecule has 0 spiro atoms. The van der Waals surface area contributed by atoms with Crippen LogP contribution in [0.3, 0.4) is 0 Å². The van der Waals surface area contributed by atoms with Gasteiger partial charge in [0.1, 0.15) is 5.75 Å². The molecule has 7 nitrogen and oxygen atoms in total. The summed E-state index contributed by atoms with van der Waals surface area (Å²) in [6, 6.07) is 11.7. The van der Waals surface area contributed by atoms with Crippen molar-refractivity contribution >= 4 is 22.2 Å². The molecule has 8 heteroatoms. The summed E-state index contributed by atoms with van der Waals surface area (Å²) < 4.78 is 5.90. The number of anilines is 1. The van der Waals surface area contributed by atoms with Crippen LogP contribution in [0, 0.1) is 0 Å². The van der Waals surface area contributed by atoms with Gasteiger partial charge in [-0.2, -0.15) is 5.10 Å². The molecule has 4 rings (SSSR count). The lowest BCUT2D eigenvalue weighted by atomic mass is 10.1. The van der Waals surface area contributed by atoms with Crippen LogP contribution >= 0.6 is 11.3 Å². The Bertz CT molecular complexity index is 935. The van der Waals surface area contributed by atoms with Gasteiger partial charge in [0.25, 0.3) is 0 Å². The molecule has 1 amide bonds. The van der Waals surface area contributed by atoms with E-state index in [1.165, 1.54) is 11.3 Å². The van der Waals surface area contributed by atoms with Crippen LogP contribution in [0.4, 0.5) is 5.00 Å². The first-order valence-electron chi connectivity index (χ1n) is 10.3. The average Bonchev–Trinajstić information content (AvgIpc) is 3.44. The molecule has 0 bridgehead atoms. The molecule has 1 aliphatic heterocycles. The van der Waals surface area contributed by atoms with Crippen LogP contribution in [0.15, 0.2) is 48.0 Å². The number of hydrogen-bond donors (Lipinski definition) is 3. The molecule has 0 aliphatic carbocycles. The van der Waals surface area contributed by atoms with Gasteiger partial charge in [-0.3, -0.25) is 9.89 Å². The largest absolute Gasteiger partial charge is 0.494 e. The van der Waals surface area contributed by atoms with E-state index >= 15 is 0 Å². The minimum absolute atomic E-state index is 0.0381. The summed E-state index contributed by atoms with van der Waals surface area (Å²) in [7, 11) is 0. The van der Waals surface area contributed by atoms with E-state index in [4.69, 9.17) is 4.74 Å². The summed E-state index contributed by atoms with van der Waals surface area (Å²) in [6.45, 7) is 6.11. The monoisotopic (exact) mass is 425 g/mol. The van der Waals surface area contributed by atoms with E-state index in [9.17, 15) is 4.79 Å². The zero-order valence-corrected chi connectivity index (χ0v) is 17.7. The summed E-state index contributed by atoms with van der Waals surface area (Å²) in [5.74, 6) is 0.780. The SMILES string of the molecule is O=C(Cc1cccc(OCCCN2CCNCC2)c1)Nc1cc(-c2ccn[nH]2)cs1. The first-order chi connectivity index (χ1) is 14.8. The number of carbonyl (C=O) groups is 1. The van der Waals surface area contributed by atoms with Gasteiger partial charge < -0.3 is 20.3 Å². The van der Waals surface area contributed by atoms with E-state index in [2.05, 4.69) is 25.7 Å². The zero-order chi connectivity index (χ0) is 20.6. The third-order valence-corrected chi connectivity index (χ3v) is 5.88. The maximum Gasteiger partial charge on any atom is 0.229 e. The van der Waals surface area contributed by atoms with Crippen molar-refractivity contribution in [1.29, 1.82) is 0 Å². The molecule has 1 fully saturated rings. The number of carbonyl (C=O) groups excluding carboxylic acids is 1. The Morgan fingerprint density at radius 3 is 2.97 bits per heavy atom. The normalized spacial score (nSPS) is 14.5. The topological polar surface area (TPSA) is 82.3 Å². The van der Waals surface area contributed by atoms with Crippen LogP contribution < -0.4 is 15.4 Å². The smallest absolute Gasteiger partial charge is 0.229 e. The number of aromatic nitrogens is 2. The van der Waals surface area contributed by atoms with Crippen LogP contribution in [0.25, 0.3) is 11.3 Å². The molecule has 3 aromatic rings. The number of ether oxygens (including phenoxy) is 1. The van der Waals surface area contributed by atoms with Gasteiger partial charge in [-0.1, -0.05) is 12.1 Å². The lowest BCUT2D eigenvalue weighted by Crippen LogP contribution is -2.43. The number of rotatable bonds is 9. The van der Waals surface area contributed by atoms with Crippen molar-refractivity contribution in [1.82, 2.24) is 20.4 Å². The Labute approximate surface area is 180 Å². The van der Waals surface area contributed by atoms with Gasteiger partial charge in [0.15, 0.2) is 0 Å². The van der Waals surface area contributed by atoms with Crippen LogP contribution in [0.2, 0.25) is 0 Å². The molecule has 3 N–H and O–H groups in total. The van der Waals surface area contributed by atoms with Crippen LogP contribution in [-0.2, 0) is 11.2 Å². The molecule has 0 saturated carbocycles. The number of amides is 1. The molecule has 0 atom stereocenters. The van der Waals surface area contributed by atoms with Gasteiger partial charge >= 0.3 is 0 Å². The molecule has 1 saturated heterocycles. The van der Waals surface area contributed by atoms with Crippen molar-refractivity contribution in [2.24, 2.45) is 0 Å². The zero-order valence-electron chi connectivity index (χ0n) is 16.9. The fourth-order valence-corrected chi connectivity index (χ4v) is 4.30. The number of nitrogens with zero attached hydrogens (tertiary/aromatic N) is 2. The molecule has 0 radical (unpaired) electrons. The Morgan fingerprint density at radius 2 is 2.13 bits per heavy atom. The minimum Gasteiger partial charge on any atom is -0.494 e. The Hall–Kier alpha value is -2.68. The third-order valence-electron chi connectivity index (χ3n) is 5.03. The average molecular weight is 426 g/mol. The first kappa shape index (κ1) is 20.6. The van der Waals surface area contributed by atoms with Gasteiger partial charge in [0.2, 0.25) is 5.91 Å². The maximum atomic E-state index is 12.4. The van der Waals surface area contributed by atoms with E-state index in [0.29, 0.717) is 13.0 Å². The number of piperazine rings is 1. The highest BCUT2D eigenvalue weighted by molar-refractivity contribution is 7.14. The van der Waals surface area contributed by atoms with Crippen molar-refractivity contribution in [3.8, 4) is 17.0 Å². The highest BCUT2D eigenvalue weighted by atomic mass is 32.1. The van der Waals surface area contributed by atoms with Crippen LogP contribution in [0.5, 0.6) is 5.75 Å². The van der Waals surface area contributed by atoms with Crippen molar-refractivity contribution in [2.75, 3.05) is 44.6 Å². The van der Waals surface area contributed by atoms with E-state index in [0.717, 1.165) is 66.7 Å². The predicted molar refractivity (Wildman–Crippen MR) is 120 cm³/mol. The van der Waals surface area contributed by atoms with Crippen molar-refractivity contribution in [3.05, 3.63) is 53.5 Å². The Balaban J connectivity index is 1.23. The van der Waals surface area contributed by atoms with Crippen molar-refractivity contribution in [3.63, 3.8) is 0 Å². The molecular formula is C22H27N5O2S. The van der Waals surface area contributed by atoms with Crippen molar-refractivity contribution < 1.29 is 9.53 Å². The van der Waals surface area contributed by atoms with Gasteiger partial charge in [-0.05, 0) is 36.2 Å². The van der Waals surface area contributed by atoms with Crippen LogP contribution in [0.1, 0.15) is 12.0 Å². The van der Waals surface area contributed by atoms with Gasteiger partial charge in [-0.25, -0.2) is 0 Å². The van der Waals surface area contributed by atoms with E-state index in [-0.39, 0.29) is 5.91 Å². The number of hydrogen-bond acceptors (Lipinski definition) is 6. The second-order valence-corrected chi connectivity index (χ2v) is 8.25. The third kappa shape index (κ3) is 5.91. The van der Waals surface area contributed by atoms with Crippen molar-refractivity contribution in [2.45, 2.75) is 12.8 Å². The second kappa shape index (κ2) is 10.4. The Kier molecular flexibility index (Phi) is 7.12. The lowest BCUT2D eigenvalue weighted by Gasteiger charge is -2.26. The molecular weight excluding hydrogens is 398 g/mol. The summed E-state index contributed by atoms with van der Waals surface area (Å²) in [4.78, 5) is 14.9.